The van der Waals surface area contributed by atoms with Crippen molar-refractivity contribution >= 4 is 17.5 Å². The molecular weight excluding hydrogens is 356 g/mol. The molecule has 0 aliphatic rings. The van der Waals surface area contributed by atoms with Crippen LogP contribution in [0.3, 0.4) is 0 Å². The van der Waals surface area contributed by atoms with Gasteiger partial charge in [0.1, 0.15) is 17.2 Å². The Kier molecular flexibility index (Phi) is 6.41. The van der Waals surface area contributed by atoms with E-state index in [1.165, 1.54) is 5.56 Å². The number of anilines is 2. The molecule has 0 spiro atoms. The molecule has 3 rings (SSSR count). The molecular formula is C21H22N4O3. The molecule has 3 aromatic rings. The number of rotatable bonds is 8. The van der Waals surface area contributed by atoms with Gasteiger partial charge < -0.3 is 20.1 Å². The van der Waals surface area contributed by atoms with Gasteiger partial charge in [-0.2, -0.15) is 0 Å². The van der Waals surface area contributed by atoms with Crippen LogP contribution >= 0.6 is 0 Å². The first-order valence-corrected chi connectivity index (χ1v) is 8.83. The molecule has 1 aromatic heterocycles. The number of methoxy groups -OCH3 is 2. The predicted octanol–water partition coefficient (Wildman–Crippen LogP) is 3.40. The van der Waals surface area contributed by atoms with E-state index in [-0.39, 0.29) is 11.6 Å². The van der Waals surface area contributed by atoms with Crippen LogP contribution in [0.4, 0.5) is 11.6 Å². The van der Waals surface area contributed by atoms with Gasteiger partial charge in [0.05, 0.1) is 14.2 Å². The van der Waals surface area contributed by atoms with E-state index in [0.29, 0.717) is 18.2 Å². The number of amides is 1. The van der Waals surface area contributed by atoms with Gasteiger partial charge in [0, 0.05) is 18.4 Å². The highest BCUT2D eigenvalue weighted by Gasteiger charge is 2.09. The molecule has 2 aromatic carbocycles. The average molecular weight is 378 g/mol. The summed E-state index contributed by atoms with van der Waals surface area (Å²) in [5.41, 5.74) is 2.12. The van der Waals surface area contributed by atoms with Crippen LogP contribution in [0.5, 0.6) is 11.5 Å². The van der Waals surface area contributed by atoms with Crippen molar-refractivity contribution in [3.63, 3.8) is 0 Å². The van der Waals surface area contributed by atoms with E-state index in [1.807, 2.05) is 24.3 Å². The van der Waals surface area contributed by atoms with Crippen molar-refractivity contribution in [3.05, 3.63) is 72.1 Å². The molecule has 0 radical (unpaired) electrons. The number of nitrogens with one attached hydrogen (secondary N) is 2. The number of carbonyl (C=O) groups is 1. The summed E-state index contributed by atoms with van der Waals surface area (Å²) in [5.74, 6) is 1.67. The van der Waals surface area contributed by atoms with E-state index >= 15 is 0 Å². The van der Waals surface area contributed by atoms with Crippen LogP contribution in [0.25, 0.3) is 0 Å². The van der Waals surface area contributed by atoms with Crippen molar-refractivity contribution in [2.45, 2.75) is 6.42 Å². The maximum absolute atomic E-state index is 12.4. The Bertz CT molecular complexity index is 912. The third-order valence-corrected chi connectivity index (χ3v) is 4.09. The molecule has 0 bridgehead atoms. The number of nitrogens with zero attached hydrogens (tertiary/aromatic N) is 2. The van der Waals surface area contributed by atoms with E-state index < -0.39 is 0 Å². The number of aromatic nitrogens is 2. The van der Waals surface area contributed by atoms with Crippen molar-refractivity contribution in [1.82, 2.24) is 9.97 Å². The fourth-order valence-corrected chi connectivity index (χ4v) is 2.55. The molecule has 0 aliphatic carbocycles. The van der Waals surface area contributed by atoms with Crippen LogP contribution in [-0.4, -0.2) is 36.6 Å². The summed E-state index contributed by atoms with van der Waals surface area (Å²) >= 11 is 0. The summed E-state index contributed by atoms with van der Waals surface area (Å²) in [6.45, 7) is 0.649. The molecule has 7 nitrogen and oxygen atoms in total. The largest absolute Gasteiger partial charge is 0.497 e. The van der Waals surface area contributed by atoms with Crippen LogP contribution < -0.4 is 20.1 Å². The molecule has 0 atom stereocenters. The minimum atomic E-state index is -0.300. The van der Waals surface area contributed by atoms with Crippen molar-refractivity contribution in [3.8, 4) is 11.5 Å². The van der Waals surface area contributed by atoms with E-state index in [2.05, 4.69) is 20.6 Å². The lowest BCUT2D eigenvalue weighted by Gasteiger charge is -2.08. The zero-order valence-corrected chi connectivity index (χ0v) is 15.8. The van der Waals surface area contributed by atoms with E-state index in [4.69, 9.17) is 9.47 Å². The predicted molar refractivity (Wildman–Crippen MR) is 108 cm³/mol. The zero-order chi connectivity index (χ0) is 19.8. The molecule has 0 unspecified atom stereocenters. The van der Waals surface area contributed by atoms with E-state index in [0.717, 1.165) is 17.9 Å². The first kappa shape index (κ1) is 19.2. The molecule has 2 N–H and O–H groups in total. The third kappa shape index (κ3) is 5.20. The van der Waals surface area contributed by atoms with Gasteiger partial charge in [0.15, 0.2) is 0 Å². The summed E-state index contributed by atoms with van der Waals surface area (Å²) in [6, 6.07) is 16.6. The molecule has 1 amide bonds. The van der Waals surface area contributed by atoms with E-state index in [9.17, 15) is 4.79 Å². The highest BCUT2D eigenvalue weighted by molar-refractivity contribution is 6.02. The van der Waals surface area contributed by atoms with Gasteiger partial charge >= 0.3 is 0 Å². The highest BCUT2D eigenvalue weighted by atomic mass is 16.5. The first-order chi connectivity index (χ1) is 13.7. The molecule has 7 heteroatoms. The Morgan fingerprint density at radius 2 is 1.57 bits per heavy atom. The quantitative estimate of drug-likeness (QED) is 0.625. The Morgan fingerprint density at radius 3 is 2.21 bits per heavy atom. The molecule has 144 valence electrons. The summed E-state index contributed by atoms with van der Waals surface area (Å²) < 4.78 is 10.3. The molecule has 0 saturated carbocycles. The van der Waals surface area contributed by atoms with Gasteiger partial charge in [-0.15, -0.1) is 0 Å². The molecule has 0 aliphatic heterocycles. The van der Waals surface area contributed by atoms with Crippen molar-refractivity contribution < 1.29 is 14.3 Å². The smallest absolute Gasteiger partial charge is 0.274 e. The molecule has 28 heavy (non-hydrogen) atoms. The third-order valence-electron chi connectivity index (χ3n) is 4.09. The van der Waals surface area contributed by atoms with Gasteiger partial charge in [-0.1, -0.05) is 12.1 Å². The normalized spacial score (nSPS) is 10.2. The van der Waals surface area contributed by atoms with Crippen LogP contribution in [0.15, 0.2) is 60.8 Å². The van der Waals surface area contributed by atoms with Gasteiger partial charge in [-0.05, 0) is 54.4 Å². The summed E-state index contributed by atoms with van der Waals surface area (Å²) in [7, 11) is 3.24. The Labute approximate surface area is 163 Å². The maximum atomic E-state index is 12.4. The topological polar surface area (TPSA) is 85.4 Å². The van der Waals surface area contributed by atoms with Gasteiger partial charge in [0.25, 0.3) is 5.91 Å². The van der Waals surface area contributed by atoms with Crippen LogP contribution in [0, 0.1) is 0 Å². The number of ether oxygens (including phenoxy) is 2. The monoisotopic (exact) mass is 378 g/mol. The van der Waals surface area contributed by atoms with Crippen molar-refractivity contribution in [1.29, 1.82) is 0 Å². The maximum Gasteiger partial charge on any atom is 0.274 e. The minimum absolute atomic E-state index is 0.290. The molecule has 0 fully saturated rings. The summed E-state index contributed by atoms with van der Waals surface area (Å²) in [6.07, 6.45) is 2.36. The van der Waals surface area contributed by atoms with Gasteiger partial charge in [0.2, 0.25) is 5.95 Å². The SMILES string of the molecule is COc1ccc(CCNc2nccc(C(=O)Nc3ccc(OC)cc3)n2)cc1. The van der Waals surface area contributed by atoms with E-state index in [1.54, 1.807) is 50.7 Å². The fourth-order valence-electron chi connectivity index (χ4n) is 2.55. The lowest BCUT2D eigenvalue weighted by molar-refractivity contribution is 0.102. The summed E-state index contributed by atoms with van der Waals surface area (Å²) in [4.78, 5) is 20.9. The van der Waals surface area contributed by atoms with Gasteiger partial charge in [-0.25, -0.2) is 9.97 Å². The summed E-state index contributed by atoms with van der Waals surface area (Å²) in [5, 5.41) is 5.95. The Balaban J connectivity index is 1.55. The highest BCUT2D eigenvalue weighted by Crippen LogP contribution is 2.16. The van der Waals surface area contributed by atoms with Crippen LogP contribution in [-0.2, 0) is 6.42 Å². The second kappa shape index (κ2) is 9.36. The average Bonchev–Trinajstić information content (AvgIpc) is 2.75. The first-order valence-electron chi connectivity index (χ1n) is 8.83. The van der Waals surface area contributed by atoms with Crippen LogP contribution in [0.1, 0.15) is 16.1 Å². The fraction of sp³-hybridized carbons (Fsp3) is 0.190. The van der Waals surface area contributed by atoms with Crippen molar-refractivity contribution in [2.75, 3.05) is 31.4 Å². The zero-order valence-electron chi connectivity index (χ0n) is 15.8. The van der Waals surface area contributed by atoms with Crippen LogP contribution in [0.2, 0.25) is 0 Å². The standard InChI is InChI=1S/C21H22N4O3/c1-27-17-7-3-15(4-8-17)11-13-22-21-23-14-12-19(25-21)20(26)24-16-5-9-18(28-2)10-6-16/h3-10,12,14H,11,13H2,1-2H3,(H,24,26)(H,22,23,25). The lowest BCUT2D eigenvalue weighted by Crippen LogP contribution is -2.16. The number of hydrogen-bond donors (Lipinski definition) is 2. The lowest BCUT2D eigenvalue weighted by atomic mass is 10.1. The van der Waals surface area contributed by atoms with Crippen molar-refractivity contribution in [2.24, 2.45) is 0 Å². The number of hydrogen-bond acceptors (Lipinski definition) is 6. The second-order valence-electron chi connectivity index (χ2n) is 5.97. The van der Waals surface area contributed by atoms with Gasteiger partial charge in [-0.3, -0.25) is 4.79 Å². The number of carbonyl (C=O) groups excluding carboxylic acids is 1. The molecule has 0 saturated heterocycles. The second-order valence-corrected chi connectivity index (χ2v) is 5.97. The minimum Gasteiger partial charge on any atom is -0.497 e. The Morgan fingerprint density at radius 1 is 0.929 bits per heavy atom. The Hall–Kier alpha value is -3.61. The molecule has 1 heterocycles. The number of benzene rings is 2.